The second-order valence-electron chi connectivity index (χ2n) is 5.60. The molecule has 7 nitrogen and oxygen atoms in total. The van der Waals surface area contributed by atoms with Gasteiger partial charge in [0.05, 0.1) is 10.2 Å². The number of nitrogens with one attached hydrogen (secondary N) is 1. The van der Waals surface area contributed by atoms with Crippen LogP contribution in [0, 0.1) is 0 Å². The molecule has 0 radical (unpaired) electrons. The Morgan fingerprint density at radius 3 is 2.68 bits per heavy atom. The maximum Gasteiger partial charge on any atom is 0.280 e. The summed E-state index contributed by atoms with van der Waals surface area (Å²) in [5, 5.41) is 1.98. The van der Waals surface area contributed by atoms with Crippen LogP contribution in [0.15, 0.2) is 28.6 Å². The normalized spacial score (nSPS) is 15.3. The quantitative estimate of drug-likeness (QED) is 0.766. The van der Waals surface area contributed by atoms with Crippen molar-refractivity contribution in [3.8, 4) is 0 Å². The van der Waals surface area contributed by atoms with Gasteiger partial charge < -0.3 is 9.80 Å². The third-order valence-corrected chi connectivity index (χ3v) is 4.98. The Labute approximate surface area is 145 Å². The van der Waals surface area contributed by atoms with Crippen molar-refractivity contribution in [2.75, 3.05) is 36.0 Å². The Morgan fingerprint density at radius 2 is 1.92 bits per heavy atom. The first kappa shape index (κ1) is 15.9. The molecule has 25 heavy (non-hydrogen) atoms. The molecule has 1 saturated heterocycles. The average molecular weight is 364 g/mol. The van der Waals surface area contributed by atoms with Crippen LogP contribution >= 0.6 is 11.3 Å². The van der Waals surface area contributed by atoms with Gasteiger partial charge in [-0.1, -0.05) is 0 Å². The van der Waals surface area contributed by atoms with Crippen molar-refractivity contribution in [3.63, 3.8) is 0 Å². The Kier molecular flexibility index (Phi) is 4.04. The van der Waals surface area contributed by atoms with Crippen LogP contribution in [0.2, 0.25) is 0 Å². The fourth-order valence-electron chi connectivity index (χ4n) is 2.86. The molecule has 1 aliphatic heterocycles. The lowest BCUT2D eigenvalue weighted by molar-refractivity contribution is 0.146. The molecule has 0 amide bonds. The van der Waals surface area contributed by atoms with E-state index in [1.54, 1.807) is 22.6 Å². The van der Waals surface area contributed by atoms with E-state index >= 15 is 0 Å². The van der Waals surface area contributed by atoms with Crippen LogP contribution in [-0.2, 0) is 0 Å². The van der Waals surface area contributed by atoms with Crippen molar-refractivity contribution in [2.24, 2.45) is 0 Å². The molecule has 1 N–H and O–H groups in total. The second-order valence-corrected chi connectivity index (χ2v) is 6.52. The maximum atomic E-state index is 12.8. The first-order chi connectivity index (χ1) is 12.1. The number of thiophene rings is 1. The fraction of sp³-hybridized carbons (Fsp3) is 0.333. The summed E-state index contributed by atoms with van der Waals surface area (Å²) in [5.41, 5.74) is -0.163. The molecular weight excluding hydrogens is 350 g/mol. The molecule has 1 aliphatic rings. The van der Waals surface area contributed by atoms with Crippen LogP contribution in [0.4, 0.5) is 20.5 Å². The van der Waals surface area contributed by atoms with E-state index in [4.69, 9.17) is 0 Å². The zero-order valence-corrected chi connectivity index (χ0v) is 13.8. The average Bonchev–Trinajstić information content (AvgIpc) is 3.10. The van der Waals surface area contributed by atoms with Gasteiger partial charge in [0.25, 0.3) is 12.0 Å². The number of halogens is 2. The zero-order chi connectivity index (χ0) is 17.4. The lowest BCUT2D eigenvalue weighted by atomic mass is 10.3. The highest BCUT2D eigenvalue weighted by Crippen LogP contribution is 2.28. The standard InChI is InChI=1S/C15H14F2N6OS/c16-13(17)10-7-11(24)21-15(20-10)23-4-2-22(3-5-23)14-12-9(1-6-25-12)18-8-19-14/h1,6-8,13H,2-5H2,(H,20,21,24). The smallest absolute Gasteiger partial charge is 0.280 e. The molecule has 10 heteroatoms. The highest BCUT2D eigenvalue weighted by atomic mass is 32.1. The summed E-state index contributed by atoms with van der Waals surface area (Å²) in [6, 6.07) is 2.78. The minimum Gasteiger partial charge on any atom is -0.352 e. The summed E-state index contributed by atoms with van der Waals surface area (Å²) in [5.74, 6) is 1.06. The fourth-order valence-corrected chi connectivity index (χ4v) is 3.72. The summed E-state index contributed by atoms with van der Waals surface area (Å²) >= 11 is 1.59. The van der Waals surface area contributed by atoms with E-state index in [0.717, 1.165) is 22.1 Å². The molecule has 130 valence electrons. The predicted octanol–water partition coefficient (Wildman–Crippen LogP) is 2.04. The summed E-state index contributed by atoms with van der Waals surface area (Å²) in [6.07, 6.45) is -1.22. The van der Waals surface area contributed by atoms with E-state index in [-0.39, 0.29) is 5.95 Å². The first-order valence-electron chi connectivity index (χ1n) is 7.69. The van der Waals surface area contributed by atoms with Crippen molar-refractivity contribution < 1.29 is 8.78 Å². The Morgan fingerprint density at radius 1 is 1.16 bits per heavy atom. The van der Waals surface area contributed by atoms with Gasteiger partial charge in [-0.05, 0) is 11.4 Å². The molecule has 1 fully saturated rings. The van der Waals surface area contributed by atoms with E-state index in [2.05, 4.69) is 24.8 Å². The molecule has 0 atom stereocenters. The van der Waals surface area contributed by atoms with E-state index in [0.29, 0.717) is 26.2 Å². The number of aromatic nitrogens is 4. The summed E-state index contributed by atoms with van der Waals surface area (Å²) < 4.78 is 26.7. The topological polar surface area (TPSA) is 78.0 Å². The summed E-state index contributed by atoms with van der Waals surface area (Å²) in [4.78, 5) is 30.5. The number of fused-ring (bicyclic) bond motifs is 1. The first-order valence-corrected chi connectivity index (χ1v) is 8.57. The molecule has 3 aromatic rings. The van der Waals surface area contributed by atoms with Crippen molar-refractivity contribution >= 4 is 33.3 Å². The Hall–Kier alpha value is -2.62. The van der Waals surface area contributed by atoms with Gasteiger partial charge in [-0.3, -0.25) is 9.78 Å². The van der Waals surface area contributed by atoms with Crippen LogP contribution < -0.4 is 15.4 Å². The molecule has 3 aromatic heterocycles. The third-order valence-electron chi connectivity index (χ3n) is 4.08. The number of anilines is 2. The van der Waals surface area contributed by atoms with Crippen LogP contribution in [0.3, 0.4) is 0 Å². The van der Waals surface area contributed by atoms with Gasteiger partial charge in [-0.15, -0.1) is 11.3 Å². The van der Waals surface area contributed by atoms with Crippen molar-refractivity contribution in [1.29, 1.82) is 0 Å². The minimum absolute atomic E-state index is 0.186. The molecule has 0 aromatic carbocycles. The van der Waals surface area contributed by atoms with Crippen LogP contribution in [-0.4, -0.2) is 46.1 Å². The van der Waals surface area contributed by atoms with Crippen molar-refractivity contribution in [3.05, 3.63) is 39.9 Å². The van der Waals surface area contributed by atoms with E-state index in [1.807, 2.05) is 11.4 Å². The number of alkyl halides is 2. The maximum absolute atomic E-state index is 12.8. The van der Waals surface area contributed by atoms with Gasteiger partial charge in [0.15, 0.2) is 0 Å². The molecule has 0 unspecified atom stereocenters. The van der Waals surface area contributed by atoms with Gasteiger partial charge in [-0.2, -0.15) is 0 Å². The lowest BCUT2D eigenvalue weighted by Gasteiger charge is -2.35. The molecule has 0 aliphatic carbocycles. The monoisotopic (exact) mass is 364 g/mol. The van der Waals surface area contributed by atoms with Gasteiger partial charge >= 0.3 is 0 Å². The number of aromatic amines is 1. The molecule has 0 spiro atoms. The van der Waals surface area contributed by atoms with Crippen molar-refractivity contribution in [1.82, 2.24) is 19.9 Å². The van der Waals surface area contributed by atoms with Gasteiger partial charge in [0, 0.05) is 32.2 Å². The molecular formula is C15H14F2N6OS. The molecule has 4 rings (SSSR count). The van der Waals surface area contributed by atoms with E-state index < -0.39 is 17.7 Å². The van der Waals surface area contributed by atoms with E-state index in [1.165, 1.54) is 0 Å². The minimum atomic E-state index is -2.77. The predicted molar refractivity (Wildman–Crippen MR) is 91.7 cm³/mol. The van der Waals surface area contributed by atoms with Crippen LogP contribution in [0.25, 0.3) is 10.2 Å². The summed E-state index contributed by atoms with van der Waals surface area (Å²) in [6.45, 7) is 2.39. The third kappa shape index (κ3) is 3.04. The largest absolute Gasteiger partial charge is 0.352 e. The molecule has 0 saturated carbocycles. The number of H-pyrrole nitrogens is 1. The zero-order valence-electron chi connectivity index (χ0n) is 13.0. The van der Waals surface area contributed by atoms with Gasteiger partial charge in [0.2, 0.25) is 5.95 Å². The van der Waals surface area contributed by atoms with Gasteiger partial charge in [-0.25, -0.2) is 23.7 Å². The molecule has 4 heterocycles. The van der Waals surface area contributed by atoms with Crippen molar-refractivity contribution in [2.45, 2.75) is 6.43 Å². The number of hydrogen-bond donors (Lipinski definition) is 1. The highest BCUT2D eigenvalue weighted by Gasteiger charge is 2.23. The van der Waals surface area contributed by atoms with Crippen LogP contribution in [0.1, 0.15) is 12.1 Å². The highest BCUT2D eigenvalue weighted by molar-refractivity contribution is 7.17. The number of rotatable bonds is 3. The van der Waals surface area contributed by atoms with Crippen LogP contribution in [0.5, 0.6) is 0 Å². The number of hydrogen-bond acceptors (Lipinski definition) is 7. The molecule has 0 bridgehead atoms. The Balaban J connectivity index is 1.54. The lowest BCUT2D eigenvalue weighted by Crippen LogP contribution is -2.47. The Bertz CT molecular complexity index is 950. The van der Waals surface area contributed by atoms with Gasteiger partial charge in [0.1, 0.15) is 17.8 Å². The number of piperazine rings is 1. The SMILES string of the molecule is O=c1cc(C(F)F)nc(N2CCN(c3ncnc4ccsc34)CC2)[nH]1. The number of nitrogens with zero attached hydrogens (tertiary/aromatic N) is 5. The van der Waals surface area contributed by atoms with E-state index in [9.17, 15) is 13.6 Å². The summed E-state index contributed by atoms with van der Waals surface area (Å²) in [7, 11) is 0. The second kappa shape index (κ2) is 6.36.